The second-order valence-corrected chi connectivity index (χ2v) is 7.62. The minimum Gasteiger partial charge on any atom is -0.505 e. The summed E-state index contributed by atoms with van der Waals surface area (Å²) in [6.45, 7) is 0. The molecule has 1 unspecified atom stereocenters. The van der Waals surface area contributed by atoms with Gasteiger partial charge in [0.15, 0.2) is 0 Å². The van der Waals surface area contributed by atoms with Crippen LogP contribution in [0.3, 0.4) is 0 Å². The predicted molar refractivity (Wildman–Crippen MR) is 110 cm³/mol. The highest BCUT2D eigenvalue weighted by Gasteiger charge is 2.35. The Morgan fingerprint density at radius 2 is 1.62 bits per heavy atom. The Morgan fingerprint density at radius 1 is 0.853 bits per heavy atom. The number of benzene rings is 2. The van der Waals surface area contributed by atoms with Gasteiger partial charge in [-0.25, -0.2) is 4.39 Å². The third kappa shape index (κ3) is 4.66. The van der Waals surface area contributed by atoms with E-state index in [0.717, 1.165) is 18.3 Å². The number of phenolic OH excluding ortho intramolecular Hbond substituents is 1. The highest BCUT2D eigenvalue weighted by Crippen LogP contribution is 2.40. The summed E-state index contributed by atoms with van der Waals surface area (Å²) >= 11 is 0. The summed E-state index contributed by atoms with van der Waals surface area (Å²) in [5, 5.41) is 11.5. The van der Waals surface area contributed by atoms with Crippen molar-refractivity contribution in [3.63, 3.8) is 0 Å². The van der Waals surface area contributed by atoms with Crippen LogP contribution < -0.4 is 0 Å². The number of hydrogen-bond acceptors (Lipinski definition) is 3. The van der Waals surface area contributed by atoms with Crippen molar-refractivity contribution < 1.29 is 35.8 Å². The predicted octanol–water partition coefficient (Wildman–Crippen LogP) is 6.89. The molecule has 2 heterocycles. The lowest BCUT2D eigenvalue weighted by molar-refractivity contribution is -0.141. The van der Waals surface area contributed by atoms with Crippen LogP contribution >= 0.6 is 0 Å². The minimum absolute atomic E-state index is 0.0676. The van der Waals surface area contributed by atoms with Crippen LogP contribution in [-0.4, -0.2) is 15.1 Å². The second-order valence-electron chi connectivity index (χ2n) is 7.62. The van der Waals surface area contributed by atoms with Crippen LogP contribution in [0.5, 0.6) is 5.75 Å². The molecule has 3 nitrogen and oxygen atoms in total. The maximum Gasteiger partial charge on any atom is 0.433 e. The van der Waals surface area contributed by atoms with Crippen LogP contribution in [-0.2, 0) is 18.8 Å². The number of aromatic hydroxyl groups is 1. The van der Waals surface area contributed by atoms with Gasteiger partial charge in [0.2, 0.25) is 0 Å². The van der Waals surface area contributed by atoms with Gasteiger partial charge in [-0.15, -0.1) is 0 Å². The summed E-state index contributed by atoms with van der Waals surface area (Å²) < 4.78 is 92.0. The van der Waals surface area contributed by atoms with Gasteiger partial charge < -0.3 is 5.11 Å². The molecule has 0 bridgehead atoms. The molecule has 0 saturated heterocycles. The standard InChI is InChI=1S/C24H15F7N2O/c25-19-11-15(5-7-18(19)23(26,27)28)17(10-13-3-8-20(33-12-13)24(29,30)31)16-6-4-14-2-1-9-32-21(14)22(16)34/h1-9,11-12,17,34H,10H2. The van der Waals surface area contributed by atoms with E-state index < -0.39 is 35.3 Å². The highest BCUT2D eigenvalue weighted by atomic mass is 19.4. The maximum atomic E-state index is 14.4. The normalized spacial score (nSPS) is 13.3. The van der Waals surface area contributed by atoms with Gasteiger partial charge in [0.05, 0.1) is 5.56 Å². The first kappa shape index (κ1) is 23.5. The van der Waals surface area contributed by atoms with Gasteiger partial charge in [0, 0.05) is 29.3 Å². The van der Waals surface area contributed by atoms with E-state index in [4.69, 9.17) is 0 Å². The van der Waals surface area contributed by atoms with E-state index in [1.807, 2.05) is 0 Å². The third-order valence-corrected chi connectivity index (χ3v) is 5.41. The first-order chi connectivity index (χ1) is 15.9. The molecule has 0 aliphatic heterocycles. The molecule has 176 valence electrons. The van der Waals surface area contributed by atoms with Gasteiger partial charge in [-0.1, -0.05) is 30.3 Å². The Balaban J connectivity index is 1.82. The van der Waals surface area contributed by atoms with E-state index in [-0.39, 0.29) is 28.8 Å². The molecule has 0 amide bonds. The topological polar surface area (TPSA) is 46.0 Å². The molecule has 0 spiro atoms. The molecule has 4 aromatic rings. The zero-order valence-electron chi connectivity index (χ0n) is 17.1. The Labute approximate surface area is 188 Å². The second kappa shape index (κ2) is 8.58. The number of hydrogen-bond donors (Lipinski definition) is 1. The molecule has 0 saturated carbocycles. The van der Waals surface area contributed by atoms with Crippen molar-refractivity contribution in [1.29, 1.82) is 0 Å². The monoisotopic (exact) mass is 480 g/mol. The molecule has 1 atom stereocenters. The van der Waals surface area contributed by atoms with E-state index >= 15 is 0 Å². The number of rotatable bonds is 4. The van der Waals surface area contributed by atoms with E-state index in [9.17, 15) is 35.8 Å². The van der Waals surface area contributed by atoms with Crippen molar-refractivity contribution in [2.24, 2.45) is 0 Å². The maximum absolute atomic E-state index is 14.4. The molecule has 1 N–H and O–H groups in total. The molecular weight excluding hydrogens is 465 g/mol. The van der Waals surface area contributed by atoms with Crippen LogP contribution in [0, 0.1) is 5.82 Å². The third-order valence-electron chi connectivity index (χ3n) is 5.41. The Bertz CT molecular complexity index is 1330. The van der Waals surface area contributed by atoms with Crippen molar-refractivity contribution >= 4 is 10.9 Å². The molecule has 34 heavy (non-hydrogen) atoms. The molecule has 10 heteroatoms. The zero-order chi connectivity index (χ0) is 24.7. The molecule has 0 aliphatic rings. The number of nitrogens with zero attached hydrogens (tertiary/aromatic N) is 2. The fraction of sp³-hybridized carbons (Fsp3) is 0.167. The molecule has 0 aliphatic carbocycles. The van der Waals surface area contributed by atoms with Gasteiger partial charge in [0.1, 0.15) is 22.8 Å². The average Bonchev–Trinajstić information content (AvgIpc) is 2.77. The van der Waals surface area contributed by atoms with E-state index in [2.05, 4.69) is 9.97 Å². The Hall–Kier alpha value is -3.69. The van der Waals surface area contributed by atoms with Crippen LogP contribution in [0.25, 0.3) is 10.9 Å². The van der Waals surface area contributed by atoms with Gasteiger partial charge in [-0.05, 0) is 41.8 Å². The summed E-state index contributed by atoms with van der Waals surface area (Å²) in [5.41, 5.74) is -1.70. The first-order valence-electron chi connectivity index (χ1n) is 9.90. The minimum atomic E-state index is -4.90. The molecule has 2 aromatic carbocycles. The number of halogens is 7. The average molecular weight is 480 g/mol. The number of phenols is 1. The number of aromatic nitrogens is 2. The number of fused-ring (bicyclic) bond motifs is 1. The quantitative estimate of drug-likeness (QED) is 0.324. The lowest BCUT2D eigenvalue weighted by Crippen LogP contribution is -2.12. The van der Waals surface area contributed by atoms with Gasteiger partial charge in [-0.3, -0.25) is 9.97 Å². The van der Waals surface area contributed by atoms with E-state index in [1.54, 1.807) is 18.2 Å². The van der Waals surface area contributed by atoms with Crippen LogP contribution in [0.4, 0.5) is 30.7 Å². The van der Waals surface area contributed by atoms with Crippen molar-refractivity contribution in [2.45, 2.75) is 24.7 Å². The van der Waals surface area contributed by atoms with Crippen LogP contribution in [0.15, 0.2) is 67.0 Å². The molecule has 0 fully saturated rings. The van der Waals surface area contributed by atoms with Crippen LogP contribution in [0.2, 0.25) is 0 Å². The van der Waals surface area contributed by atoms with Crippen molar-refractivity contribution in [1.82, 2.24) is 9.97 Å². The smallest absolute Gasteiger partial charge is 0.433 e. The molecular formula is C24H15F7N2O. The fourth-order valence-corrected chi connectivity index (χ4v) is 3.76. The molecule has 4 rings (SSSR count). The molecule has 0 radical (unpaired) electrons. The van der Waals surface area contributed by atoms with Gasteiger partial charge >= 0.3 is 12.4 Å². The summed E-state index contributed by atoms with van der Waals surface area (Å²) in [4.78, 5) is 7.52. The molecule has 2 aromatic heterocycles. The number of pyridine rings is 2. The summed E-state index contributed by atoms with van der Waals surface area (Å²) in [6, 6.07) is 10.9. The zero-order valence-corrected chi connectivity index (χ0v) is 17.1. The summed E-state index contributed by atoms with van der Waals surface area (Å²) in [5.74, 6) is -2.66. The van der Waals surface area contributed by atoms with Gasteiger partial charge in [-0.2, -0.15) is 26.3 Å². The summed E-state index contributed by atoms with van der Waals surface area (Å²) in [7, 11) is 0. The van der Waals surface area contributed by atoms with Crippen molar-refractivity contribution in [3.05, 3.63) is 101 Å². The Kier molecular flexibility index (Phi) is 5.93. The highest BCUT2D eigenvalue weighted by molar-refractivity contribution is 5.85. The number of alkyl halides is 6. The lowest BCUT2D eigenvalue weighted by Gasteiger charge is -2.21. The van der Waals surface area contributed by atoms with Crippen molar-refractivity contribution in [3.8, 4) is 5.75 Å². The van der Waals surface area contributed by atoms with Gasteiger partial charge in [0.25, 0.3) is 0 Å². The summed E-state index contributed by atoms with van der Waals surface area (Å²) in [6.07, 6.45) is -7.17. The first-order valence-corrected chi connectivity index (χ1v) is 9.90. The SMILES string of the molecule is Oc1c(C(Cc2ccc(C(F)(F)F)nc2)c2ccc(C(F)(F)F)c(F)c2)ccc2cccnc12. The largest absolute Gasteiger partial charge is 0.505 e. The Morgan fingerprint density at radius 3 is 2.24 bits per heavy atom. The van der Waals surface area contributed by atoms with E-state index in [1.165, 1.54) is 18.3 Å². The van der Waals surface area contributed by atoms with Crippen molar-refractivity contribution in [2.75, 3.05) is 0 Å². The van der Waals surface area contributed by atoms with Crippen LogP contribution in [0.1, 0.15) is 33.9 Å². The fourth-order valence-electron chi connectivity index (χ4n) is 3.76. The van der Waals surface area contributed by atoms with E-state index in [0.29, 0.717) is 23.1 Å². The lowest BCUT2D eigenvalue weighted by atomic mass is 9.84.